The molecule has 6 nitrogen and oxygen atoms in total. The van der Waals surface area contributed by atoms with Crippen LogP contribution in [0.2, 0.25) is 0 Å². The number of nitrogens with zero attached hydrogens (tertiary/aromatic N) is 2. The van der Waals surface area contributed by atoms with Gasteiger partial charge in [-0.3, -0.25) is 4.68 Å². The molecule has 0 bridgehead atoms. The van der Waals surface area contributed by atoms with Crippen LogP contribution in [0.1, 0.15) is 31.0 Å². The van der Waals surface area contributed by atoms with E-state index in [1.54, 1.807) is 21.3 Å². The Kier molecular flexibility index (Phi) is 6.35. The lowest BCUT2D eigenvalue weighted by molar-refractivity contribution is 0.324. The minimum absolute atomic E-state index is 0.600. The van der Waals surface area contributed by atoms with Crippen LogP contribution in [-0.2, 0) is 13.1 Å². The zero-order chi connectivity index (χ0) is 17.5. The molecular formula is C18H27N3O3. The highest BCUT2D eigenvalue weighted by Crippen LogP contribution is 2.38. The minimum atomic E-state index is 0.600. The van der Waals surface area contributed by atoms with E-state index in [4.69, 9.17) is 14.2 Å². The van der Waals surface area contributed by atoms with Gasteiger partial charge in [-0.15, -0.1) is 0 Å². The number of nitrogens with one attached hydrogen (secondary N) is 1. The van der Waals surface area contributed by atoms with Gasteiger partial charge in [-0.1, -0.05) is 13.3 Å². The number of hydrogen-bond acceptors (Lipinski definition) is 5. The van der Waals surface area contributed by atoms with E-state index in [9.17, 15) is 0 Å². The van der Waals surface area contributed by atoms with Crippen molar-refractivity contribution in [3.05, 3.63) is 29.5 Å². The average molecular weight is 333 g/mol. The van der Waals surface area contributed by atoms with Gasteiger partial charge in [0.15, 0.2) is 11.5 Å². The number of unbranched alkanes of at least 4 members (excludes halogenated alkanes) is 1. The first-order chi connectivity index (χ1) is 11.6. The molecule has 0 saturated heterocycles. The van der Waals surface area contributed by atoms with E-state index in [1.165, 1.54) is 0 Å². The number of benzene rings is 1. The Morgan fingerprint density at radius 3 is 2.25 bits per heavy atom. The van der Waals surface area contributed by atoms with E-state index >= 15 is 0 Å². The third-order valence-electron chi connectivity index (χ3n) is 3.90. The number of rotatable bonds is 9. The van der Waals surface area contributed by atoms with Crippen molar-refractivity contribution in [2.75, 3.05) is 26.6 Å². The van der Waals surface area contributed by atoms with Crippen molar-refractivity contribution in [2.45, 2.75) is 39.8 Å². The van der Waals surface area contributed by atoms with Gasteiger partial charge in [-0.05, 0) is 31.0 Å². The van der Waals surface area contributed by atoms with Crippen LogP contribution in [-0.4, -0.2) is 31.1 Å². The Morgan fingerprint density at radius 2 is 1.71 bits per heavy atom. The van der Waals surface area contributed by atoms with Crippen molar-refractivity contribution < 1.29 is 14.2 Å². The molecule has 0 spiro atoms. The molecule has 1 aromatic carbocycles. The molecule has 0 aliphatic carbocycles. The van der Waals surface area contributed by atoms with E-state index in [-0.39, 0.29) is 0 Å². The molecule has 0 fully saturated rings. The van der Waals surface area contributed by atoms with E-state index in [0.717, 1.165) is 36.5 Å². The molecule has 0 aliphatic heterocycles. The van der Waals surface area contributed by atoms with Crippen molar-refractivity contribution in [3.63, 3.8) is 0 Å². The monoisotopic (exact) mass is 333 g/mol. The van der Waals surface area contributed by atoms with Gasteiger partial charge in [-0.2, -0.15) is 5.10 Å². The van der Waals surface area contributed by atoms with Crippen LogP contribution in [0.3, 0.4) is 0 Å². The molecule has 6 heteroatoms. The summed E-state index contributed by atoms with van der Waals surface area (Å²) in [7, 11) is 4.84. The lowest BCUT2D eigenvalue weighted by Crippen LogP contribution is -2.05. The van der Waals surface area contributed by atoms with E-state index in [2.05, 4.69) is 30.3 Å². The normalized spacial score (nSPS) is 10.5. The number of anilines is 1. The fraction of sp³-hybridized carbons (Fsp3) is 0.500. The smallest absolute Gasteiger partial charge is 0.203 e. The summed E-state index contributed by atoms with van der Waals surface area (Å²) in [5.74, 6) is 2.78. The van der Waals surface area contributed by atoms with Crippen LogP contribution in [0.5, 0.6) is 17.2 Å². The first-order valence-electron chi connectivity index (χ1n) is 8.20. The number of ether oxygens (including phenoxy) is 3. The summed E-state index contributed by atoms with van der Waals surface area (Å²) >= 11 is 0. The van der Waals surface area contributed by atoms with Gasteiger partial charge in [0, 0.05) is 24.8 Å². The highest BCUT2D eigenvalue weighted by molar-refractivity contribution is 5.54. The van der Waals surface area contributed by atoms with Crippen LogP contribution >= 0.6 is 0 Å². The van der Waals surface area contributed by atoms with Gasteiger partial charge in [0.05, 0.1) is 21.3 Å². The standard InChI is InChI=1S/C18H27N3O3/c1-6-7-8-21-13(2)9-17(20-21)19-12-14-10-15(22-3)18(24-5)16(11-14)23-4/h9-11H,6-8,12H2,1-5H3,(H,19,20). The Morgan fingerprint density at radius 1 is 1.04 bits per heavy atom. The van der Waals surface area contributed by atoms with Crippen LogP contribution in [0.15, 0.2) is 18.2 Å². The lowest BCUT2D eigenvalue weighted by Gasteiger charge is -2.14. The highest BCUT2D eigenvalue weighted by Gasteiger charge is 2.13. The first kappa shape index (κ1) is 18.0. The second kappa shape index (κ2) is 8.47. The third kappa shape index (κ3) is 4.13. The first-order valence-corrected chi connectivity index (χ1v) is 8.20. The molecule has 0 amide bonds. The van der Waals surface area contributed by atoms with Crippen molar-refractivity contribution in [1.29, 1.82) is 0 Å². The van der Waals surface area contributed by atoms with E-state index < -0.39 is 0 Å². The molecule has 132 valence electrons. The van der Waals surface area contributed by atoms with Gasteiger partial charge in [0.1, 0.15) is 5.82 Å². The molecule has 2 rings (SSSR count). The van der Waals surface area contributed by atoms with Gasteiger partial charge >= 0.3 is 0 Å². The topological polar surface area (TPSA) is 57.5 Å². The quantitative estimate of drug-likeness (QED) is 0.759. The maximum atomic E-state index is 5.39. The Labute approximate surface area is 143 Å². The SMILES string of the molecule is CCCCn1nc(NCc2cc(OC)c(OC)c(OC)c2)cc1C. The van der Waals surface area contributed by atoms with Crippen LogP contribution in [0.4, 0.5) is 5.82 Å². The summed E-state index contributed by atoms with van der Waals surface area (Å²) in [5.41, 5.74) is 2.20. The number of aryl methyl sites for hydroxylation is 2. The van der Waals surface area contributed by atoms with Gasteiger partial charge in [0.25, 0.3) is 0 Å². The van der Waals surface area contributed by atoms with E-state index in [0.29, 0.717) is 23.8 Å². The van der Waals surface area contributed by atoms with E-state index in [1.807, 2.05) is 16.8 Å². The molecule has 0 radical (unpaired) electrons. The second-order valence-corrected chi connectivity index (χ2v) is 5.63. The van der Waals surface area contributed by atoms with Crippen LogP contribution in [0, 0.1) is 6.92 Å². The fourth-order valence-corrected chi connectivity index (χ4v) is 2.56. The van der Waals surface area contributed by atoms with Crippen molar-refractivity contribution >= 4 is 5.82 Å². The molecule has 0 unspecified atom stereocenters. The molecule has 1 N–H and O–H groups in total. The summed E-state index contributed by atoms with van der Waals surface area (Å²) in [6, 6.07) is 5.94. The average Bonchev–Trinajstić information content (AvgIpc) is 2.96. The molecule has 0 saturated carbocycles. The maximum Gasteiger partial charge on any atom is 0.203 e. The molecule has 0 aliphatic rings. The van der Waals surface area contributed by atoms with Gasteiger partial charge in [0.2, 0.25) is 5.75 Å². The minimum Gasteiger partial charge on any atom is -0.493 e. The molecule has 1 heterocycles. The Hall–Kier alpha value is -2.37. The second-order valence-electron chi connectivity index (χ2n) is 5.63. The summed E-state index contributed by atoms with van der Waals surface area (Å²) in [4.78, 5) is 0. The predicted molar refractivity (Wildman–Crippen MR) is 95.3 cm³/mol. The Bertz CT molecular complexity index is 643. The van der Waals surface area contributed by atoms with Gasteiger partial charge in [-0.25, -0.2) is 0 Å². The fourth-order valence-electron chi connectivity index (χ4n) is 2.56. The molecule has 2 aromatic rings. The summed E-state index contributed by atoms with van der Waals surface area (Å²) in [5, 5.41) is 7.95. The number of hydrogen-bond donors (Lipinski definition) is 1. The molecular weight excluding hydrogens is 306 g/mol. The predicted octanol–water partition coefficient (Wildman–Crippen LogP) is 3.63. The summed E-state index contributed by atoms with van der Waals surface area (Å²) in [6.45, 7) is 5.84. The Balaban J connectivity index is 2.11. The largest absolute Gasteiger partial charge is 0.493 e. The maximum absolute atomic E-state index is 5.39. The van der Waals surface area contributed by atoms with Crippen molar-refractivity contribution in [2.24, 2.45) is 0 Å². The van der Waals surface area contributed by atoms with Crippen LogP contribution < -0.4 is 19.5 Å². The zero-order valence-corrected chi connectivity index (χ0v) is 15.2. The van der Waals surface area contributed by atoms with Crippen LogP contribution in [0.25, 0.3) is 0 Å². The molecule has 0 atom stereocenters. The lowest BCUT2D eigenvalue weighted by atomic mass is 10.1. The summed E-state index contributed by atoms with van der Waals surface area (Å²) in [6.07, 6.45) is 2.29. The van der Waals surface area contributed by atoms with Crippen molar-refractivity contribution in [1.82, 2.24) is 9.78 Å². The number of methoxy groups -OCH3 is 3. The highest BCUT2D eigenvalue weighted by atomic mass is 16.5. The zero-order valence-electron chi connectivity index (χ0n) is 15.2. The van der Waals surface area contributed by atoms with Gasteiger partial charge < -0.3 is 19.5 Å². The summed E-state index contributed by atoms with van der Waals surface area (Å²) < 4.78 is 18.2. The third-order valence-corrected chi connectivity index (χ3v) is 3.90. The number of aromatic nitrogens is 2. The molecule has 24 heavy (non-hydrogen) atoms. The van der Waals surface area contributed by atoms with Crippen molar-refractivity contribution in [3.8, 4) is 17.2 Å². The molecule has 1 aromatic heterocycles.